The smallest absolute Gasteiger partial charge is 0.273 e. The summed E-state index contributed by atoms with van der Waals surface area (Å²) in [6.45, 7) is 0.773. The molecule has 0 fully saturated rings. The van der Waals surface area contributed by atoms with Crippen molar-refractivity contribution in [3.05, 3.63) is 65.5 Å². The van der Waals surface area contributed by atoms with Gasteiger partial charge in [0.25, 0.3) is 0 Å². The van der Waals surface area contributed by atoms with E-state index in [0.717, 1.165) is 9.99 Å². The molecule has 2 rings (SSSR count). The van der Waals surface area contributed by atoms with Gasteiger partial charge in [0, 0.05) is 28.2 Å². The number of halogens is 1. The summed E-state index contributed by atoms with van der Waals surface area (Å²) in [4.78, 5) is 0. The van der Waals surface area contributed by atoms with E-state index in [1.54, 1.807) is 6.07 Å². The molecular weight excluding hydrogens is 403 g/mol. The molecule has 0 saturated heterocycles. The van der Waals surface area contributed by atoms with E-state index in [1.165, 1.54) is 11.1 Å². The van der Waals surface area contributed by atoms with E-state index in [1.807, 2.05) is 23.0 Å². The first-order valence-electron chi connectivity index (χ1n) is 6.30. The molecule has 1 aromatic carbocycles. The topological polar surface area (TPSA) is 70.3 Å². The van der Waals surface area contributed by atoms with Crippen molar-refractivity contribution in [3.8, 4) is 0 Å². The number of aromatic nitrogens is 1. The maximum absolute atomic E-state index is 10.7. The molecule has 0 saturated carbocycles. The Hall–Kier alpha value is -1.03. The van der Waals surface area contributed by atoms with Crippen LogP contribution in [0.2, 0.25) is 0 Å². The van der Waals surface area contributed by atoms with Crippen molar-refractivity contribution in [2.45, 2.75) is 17.5 Å². The lowest BCUT2D eigenvalue weighted by molar-refractivity contribution is -0.688. The van der Waals surface area contributed by atoms with Crippen LogP contribution in [0.1, 0.15) is 16.7 Å². The third-order valence-corrected chi connectivity index (χ3v) is 4.31. The van der Waals surface area contributed by atoms with Crippen LogP contribution < -0.4 is 9.29 Å². The lowest BCUT2D eigenvalue weighted by Crippen LogP contribution is -2.34. The number of rotatable bonds is 6. The molecule has 2 aromatic rings. The van der Waals surface area contributed by atoms with Crippen molar-refractivity contribution in [2.24, 2.45) is 0 Å². The van der Waals surface area contributed by atoms with Gasteiger partial charge in [-0.25, -0.2) is 4.57 Å². The predicted molar refractivity (Wildman–Crippen MR) is 88.3 cm³/mol. The van der Waals surface area contributed by atoms with E-state index in [0.29, 0.717) is 6.54 Å². The highest BCUT2D eigenvalue weighted by atomic mass is 127. The zero-order valence-corrected chi connectivity index (χ0v) is 14.2. The Morgan fingerprint density at radius 2 is 1.76 bits per heavy atom. The molecule has 0 bridgehead atoms. The Balaban J connectivity index is 2.06. The molecule has 21 heavy (non-hydrogen) atoms. The highest BCUT2D eigenvalue weighted by Gasteiger charge is 2.07. The number of pyridine rings is 1. The molecule has 0 aliphatic heterocycles. The second-order valence-corrected chi connectivity index (χ2v) is 6.63. The molecule has 0 atom stereocenters. The third kappa shape index (κ3) is 5.70. The summed E-state index contributed by atoms with van der Waals surface area (Å²) in [7, 11) is -4.16. The monoisotopic (exact) mass is 419 g/mol. The van der Waals surface area contributed by atoms with Gasteiger partial charge in [-0.3, -0.25) is 4.55 Å². The first-order chi connectivity index (χ1) is 9.96. The summed E-state index contributed by atoms with van der Waals surface area (Å²) in [6.07, 6.45) is 3.77. The highest BCUT2D eigenvalue weighted by Crippen LogP contribution is 2.08. The molecule has 0 radical (unpaired) electrons. The van der Waals surface area contributed by atoms with Gasteiger partial charge in [-0.1, -0.05) is 46.9 Å². The minimum Gasteiger partial charge on any atom is -0.273 e. The number of nitrogens with zero attached hydrogens (tertiary/aromatic N) is 1. The molecule has 7 heteroatoms. The van der Waals surface area contributed by atoms with Crippen molar-refractivity contribution < 1.29 is 17.5 Å². The van der Waals surface area contributed by atoms with Gasteiger partial charge >= 0.3 is 10.3 Å². The fourth-order valence-corrected chi connectivity index (χ4v) is 2.76. The van der Waals surface area contributed by atoms with E-state index in [2.05, 4.69) is 51.6 Å². The molecule has 112 valence electrons. The second-order valence-electron chi connectivity index (χ2n) is 4.63. The van der Waals surface area contributed by atoms with Crippen molar-refractivity contribution in [1.82, 2.24) is 4.72 Å². The van der Waals surface area contributed by atoms with Crippen LogP contribution in [0.3, 0.4) is 0 Å². The average molecular weight is 419 g/mol. The Labute approximate surface area is 138 Å². The maximum atomic E-state index is 10.7. The average Bonchev–Trinajstić information content (AvgIpc) is 2.46. The van der Waals surface area contributed by atoms with Crippen LogP contribution in [0.4, 0.5) is 0 Å². The summed E-state index contributed by atoms with van der Waals surface area (Å²) in [5.41, 5.74) is 3.24. The van der Waals surface area contributed by atoms with Crippen LogP contribution in [0, 0.1) is 0 Å². The summed E-state index contributed by atoms with van der Waals surface area (Å²) in [5.74, 6) is 0. The Bertz CT molecular complexity index is 702. The first-order valence-corrected chi connectivity index (χ1v) is 9.27. The van der Waals surface area contributed by atoms with Crippen LogP contribution >= 0.6 is 22.6 Å². The molecule has 2 N–H and O–H groups in total. The van der Waals surface area contributed by atoms with Gasteiger partial charge in [-0.15, -0.1) is 0 Å². The number of nitrogens with one attached hydrogen (secondary N) is 1. The number of hydrogen-bond acceptors (Lipinski definition) is 2. The van der Waals surface area contributed by atoms with Crippen LogP contribution in [0.5, 0.6) is 0 Å². The SMILES string of the molecule is O=S(=O)(O)NCc1ccc[n+](Cc2ccc(CI)cc2)c1. The predicted octanol–water partition coefficient (Wildman–Crippen LogP) is 1.85. The van der Waals surface area contributed by atoms with E-state index < -0.39 is 10.3 Å². The molecule has 0 aliphatic carbocycles. The largest absolute Gasteiger partial charge is 0.333 e. The number of benzene rings is 1. The van der Waals surface area contributed by atoms with Crippen LogP contribution in [0.25, 0.3) is 0 Å². The van der Waals surface area contributed by atoms with Crippen LogP contribution in [-0.4, -0.2) is 13.0 Å². The maximum Gasteiger partial charge on any atom is 0.333 e. The van der Waals surface area contributed by atoms with E-state index >= 15 is 0 Å². The Kier molecular flexibility index (Phi) is 5.68. The van der Waals surface area contributed by atoms with Crippen molar-refractivity contribution in [3.63, 3.8) is 0 Å². The van der Waals surface area contributed by atoms with E-state index in [4.69, 9.17) is 4.55 Å². The van der Waals surface area contributed by atoms with Crippen molar-refractivity contribution in [2.75, 3.05) is 0 Å². The molecule has 0 aliphatic rings. The fourth-order valence-electron chi connectivity index (χ4n) is 1.90. The summed E-state index contributed by atoms with van der Waals surface area (Å²) in [6, 6.07) is 12.0. The van der Waals surface area contributed by atoms with Gasteiger partial charge in [0.2, 0.25) is 0 Å². The fraction of sp³-hybridized carbons (Fsp3) is 0.214. The Morgan fingerprint density at radius 3 is 2.38 bits per heavy atom. The molecule has 0 spiro atoms. The quantitative estimate of drug-likeness (QED) is 0.325. The lowest BCUT2D eigenvalue weighted by Gasteiger charge is -2.03. The van der Waals surface area contributed by atoms with Gasteiger partial charge in [0.1, 0.15) is 0 Å². The minimum atomic E-state index is -4.16. The highest BCUT2D eigenvalue weighted by molar-refractivity contribution is 14.1. The molecule has 1 heterocycles. The standard InChI is InChI=1S/C14H15IN2O3S/c15-8-12-3-5-13(6-4-12)10-17-7-1-2-14(11-17)9-16-21(18,19)20/h1-7,11,16H,8-10H2/p+1. The number of alkyl halides is 1. The van der Waals surface area contributed by atoms with Gasteiger partial charge in [0.15, 0.2) is 18.9 Å². The lowest BCUT2D eigenvalue weighted by atomic mass is 10.1. The molecule has 0 amide bonds. The van der Waals surface area contributed by atoms with Crippen LogP contribution in [-0.2, 0) is 27.8 Å². The third-order valence-electron chi connectivity index (χ3n) is 2.92. The van der Waals surface area contributed by atoms with Gasteiger partial charge in [-0.2, -0.15) is 13.1 Å². The molecule has 1 aromatic heterocycles. The normalized spacial score (nSPS) is 11.5. The van der Waals surface area contributed by atoms with E-state index in [9.17, 15) is 8.42 Å². The zero-order valence-electron chi connectivity index (χ0n) is 11.2. The molecular formula is C14H16IN2O3S+. The van der Waals surface area contributed by atoms with Crippen molar-refractivity contribution >= 4 is 32.9 Å². The summed E-state index contributed by atoms with van der Waals surface area (Å²) in [5, 5.41) is 0. The first kappa shape index (κ1) is 16.3. The van der Waals surface area contributed by atoms with E-state index in [-0.39, 0.29) is 6.54 Å². The summed E-state index contributed by atoms with van der Waals surface area (Å²) < 4.78 is 35.1. The second kappa shape index (κ2) is 7.30. The Morgan fingerprint density at radius 1 is 1.10 bits per heavy atom. The summed E-state index contributed by atoms with van der Waals surface area (Å²) >= 11 is 2.33. The molecule has 5 nitrogen and oxygen atoms in total. The van der Waals surface area contributed by atoms with Gasteiger partial charge < -0.3 is 0 Å². The zero-order chi connectivity index (χ0) is 15.3. The minimum absolute atomic E-state index is 0.0629. The van der Waals surface area contributed by atoms with Gasteiger partial charge in [0.05, 0.1) is 0 Å². The molecule has 0 unspecified atom stereocenters. The van der Waals surface area contributed by atoms with Crippen molar-refractivity contribution in [1.29, 1.82) is 0 Å². The van der Waals surface area contributed by atoms with Gasteiger partial charge in [-0.05, 0) is 11.6 Å². The number of hydrogen-bond donors (Lipinski definition) is 2. The van der Waals surface area contributed by atoms with Crippen LogP contribution in [0.15, 0.2) is 48.8 Å².